The highest BCUT2D eigenvalue weighted by atomic mass is 35.5. The molecule has 1 aromatic heterocycles. The van der Waals surface area contributed by atoms with Crippen molar-refractivity contribution >= 4 is 11.6 Å². The smallest absolute Gasteiger partial charge is 0.0596 e. The minimum Gasteiger partial charge on any atom is -0.330 e. The summed E-state index contributed by atoms with van der Waals surface area (Å²) in [5.41, 5.74) is 9.41. The molecule has 0 aliphatic heterocycles. The third-order valence-corrected chi connectivity index (χ3v) is 3.58. The highest BCUT2D eigenvalue weighted by molar-refractivity contribution is 6.30. The van der Waals surface area contributed by atoms with Gasteiger partial charge in [-0.05, 0) is 50.6 Å². The van der Waals surface area contributed by atoms with Crippen LogP contribution in [-0.4, -0.2) is 16.3 Å². The SMILES string of the molecule is CCn1nc(C)cc1CC(CN)c1cccc(Cl)c1. The molecule has 1 unspecified atom stereocenters. The summed E-state index contributed by atoms with van der Waals surface area (Å²) in [6, 6.07) is 10.1. The van der Waals surface area contributed by atoms with Crippen LogP contribution in [0.3, 0.4) is 0 Å². The average molecular weight is 278 g/mol. The average Bonchev–Trinajstić information content (AvgIpc) is 2.76. The van der Waals surface area contributed by atoms with Gasteiger partial charge in [0.25, 0.3) is 0 Å². The zero-order chi connectivity index (χ0) is 13.8. The topological polar surface area (TPSA) is 43.8 Å². The van der Waals surface area contributed by atoms with Crippen molar-refractivity contribution < 1.29 is 0 Å². The Labute approximate surface area is 119 Å². The second-order valence-corrected chi connectivity index (χ2v) is 5.22. The first kappa shape index (κ1) is 14.1. The Morgan fingerprint density at radius 3 is 2.79 bits per heavy atom. The third-order valence-electron chi connectivity index (χ3n) is 3.35. The summed E-state index contributed by atoms with van der Waals surface area (Å²) in [4.78, 5) is 0. The largest absolute Gasteiger partial charge is 0.330 e. The molecule has 19 heavy (non-hydrogen) atoms. The number of halogens is 1. The predicted molar refractivity (Wildman–Crippen MR) is 79.6 cm³/mol. The van der Waals surface area contributed by atoms with Crippen molar-refractivity contribution in [1.82, 2.24) is 9.78 Å². The van der Waals surface area contributed by atoms with Crippen LogP contribution in [-0.2, 0) is 13.0 Å². The van der Waals surface area contributed by atoms with E-state index >= 15 is 0 Å². The van der Waals surface area contributed by atoms with E-state index < -0.39 is 0 Å². The molecule has 0 aliphatic rings. The van der Waals surface area contributed by atoms with Crippen molar-refractivity contribution in [3.8, 4) is 0 Å². The van der Waals surface area contributed by atoms with Gasteiger partial charge in [-0.25, -0.2) is 0 Å². The van der Waals surface area contributed by atoms with Crippen molar-refractivity contribution in [1.29, 1.82) is 0 Å². The van der Waals surface area contributed by atoms with E-state index in [0.717, 1.165) is 23.7 Å². The lowest BCUT2D eigenvalue weighted by Crippen LogP contribution is -2.17. The van der Waals surface area contributed by atoms with Gasteiger partial charge in [-0.2, -0.15) is 5.10 Å². The van der Waals surface area contributed by atoms with Gasteiger partial charge in [0, 0.05) is 23.2 Å². The molecule has 0 fully saturated rings. The second kappa shape index (κ2) is 6.22. The fourth-order valence-electron chi connectivity index (χ4n) is 2.39. The molecule has 0 aliphatic carbocycles. The maximum atomic E-state index is 6.05. The number of hydrogen-bond donors (Lipinski definition) is 1. The van der Waals surface area contributed by atoms with E-state index in [-0.39, 0.29) is 5.92 Å². The molecule has 1 aromatic carbocycles. The molecule has 102 valence electrons. The van der Waals surface area contributed by atoms with Crippen LogP contribution in [0, 0.1) is 6.92 Å². The fraction of sp³-hybridized carbons (Fsp3) is 0.400. The number of aryl methyl sites for hydroxylation is 2. The number of rotatable bonds is 5. The van der Waals surface area contributed by atoms with Gasteiger partial charge >= 0.3 is 0 Å². The Balaban J connectivity index is 2.23. The lowest BCUT2D eigenvalue weighted by atomic mass is 9.94. The van der Waals surface area contributed by atoms with Crippen LogP contribution in [0.2, 0.25) is 5.02 Å². The molecule has 3 nitrogen and oxygen atoms in total. The molecule has 0 spiro atoms. The van der Waals surface area contributed by atoms with Gasteiger partial charge in [-0.15, -0.1) is 0 Å². The predicted octanol–water partition coefficient (Wildman–Crippen LogP) is 3.15. The molecule has 4 heteroatoms. The van der Waals surface area contributed by atoms with Gasteiger partial charge in [-0.3, -0.25) is 4.68 Å². The van der Waals surface area contributed by atoms with Crippen LogP contribution >= 0.6 is 11.6 Å². The zero-order valence-electron chi connectivity index (χ0n) is 11.4. The Bertz CT molecular complexity index is 548. The molecule has 0 bridgehead atoms. The lowest BCUT2D eigenvalue weighted by Gasteiger charge is -2.16. The summed E-state index contributed by atoms with van der Waals surface area (Å²) < 4.78 is 2.04. The van der Waals surface area contributed by atoms with Gasteiger partial charge in [0.05, 0.1) is 5.69 Å². The van der Waals surface area contributed by atoms with E-state index in [1.54, 1.807) is 0 Å². The standard InChI is InChI=1S/C15H20ClN3/c1-3-19-15(7-11(2)18-19)9-13(10-17)12-5-4-6-14(16)8-12/h4-8,13H,3,9-10,17H2,1-2H3. The molecule has 1 atom stereocenters. The van der Waals surface area contributed by atoms with Crippen molar-refractivity contribution in [2.45, 2.75) is 32.7 Å². The Hall–Kier alpha value is -1.32. The molecule has 0 amide bonds. The molecule has 2 aromatic rings. The summed E-state index contributed by atoms with van der Waals surface area (Å²) in [6.07, 6.45) is 0.894. The highest BCUT2D eigenvalue weighted by Gasteiger charge is 2.14. The van der Waals surface area contributed by atoms with Gasteiger partial charge in [0.2, 0.25) is 0 Å². The molecule has 1 heterocycles. The second-order valence-electron chi connectivity index (χ2n) is 4.78. The Morgan fingerprint density at radius 2 is 2.16 bits per heavy atom. The van der Waals surface area contributed by atoms with Crippen molar-refractivity contribution in [2.24, 2.45) is 5.73 Å². The molecular formula is C15H20ClN3. The maximum Gasteiger partial charge on any atom is 0.0596 e. The first-order valence-corrected chi connectivity index (χ1v) is 7.00. The molecule has 2 N–H and O–H groups in total. The normalized spacial score (nSPS) is 12.6. The summed E-state index contributed by atoms with van der Waals surface area (Å²) in [7, 11) is 0. The molecular weight excluding hydrogens is 258 g/mol. The number of nitrogens with two attached hydrogens (primary N) is 1. The number of aromatic nitrogens is 2. The number of nitrogens with zero attached hydrogens (tertiary/aromatic N) is 2. The third kappa shape index (κ3) is 3.37. The molecule has 0 saturated carbocycles. The monoisotopic (exact) mass is 277 g/mol. The molecule has 0 saturated heterocycles. The van der Waals surface area contributed by atoms with Crippen LogP contribution in [0.5, 0.6) is 0 Å². The highest BCUT2D eigenvalue weighted by Crippen LogP contribution is 2.23. The maximum absolute atomic E-state index is 6.05. The molecule has 2 rings (SSSR count). The van der Waals surface area contributed by atoms with Crippen molar-refractivity contribution in [2.75, 3.05) is 6.54 Å². The van der Waals surface area contributed by atoms with Gasteiger partial charge < -0.3 is 5.73 Å². The quantitative estimate of drug-likeness (QED) is 0.912. The zero-order valence-corrected chi connectivity index (χ0v) is 12.2. The van der Waals surface area contributed by atoms with Crippen LogP contribution in [0.1, 0.15) is 29.8 Å². The van der Waals surface area contributed by atoms with Crippen LogP contribution in [0.15, 0.2) is 30.3 Å². The van der Waals surface area contributed by atoms with E-state index in [4.69, 9.17) is 17.3 Å². The lowest BCUT2D eigenvalue weighted by molar-refractivity contribution is 0.583. The van der Waals surface area contributed by atoms with Crippen molar-refractivity contribution in [3.63, 3.8) is 0 Å². The Kier molecular flexibility index (Phi) is 4.61. The van der Waals surface area contributed by atoms with E-state index in [0.29, 0.717) is 6.54 Å². The number of benzene rings is 1. The van der Waals surface area contributed by atoms with Crippen LogP contribution in [0.4, 0.5) is 0 Å². The van der Waals surface area contributed by atoms with E-state index in [2.05, 4.69) is 24.2 Å². The van der Waals surface area contributed by atoms with Crippen molar-refractivity contribution in [3.05, 3.63) is 52.3 Å². The number of hydrogen-bond acceptors (Lipinski definition) is 2. The minimum absolute atomic E-state index is 0.278. The first-order chi connectivity index (χ1) is 9.13. The Morgan fingerprint density at radius 1 is 1.37 bits per heavy atom. The van der Waals surface area contributed by atoms with Crippen LogP contribution < -0.4 is 5.73 Å². The summed E-state index contributed by atoms with van der Waals surface area (Å²) in [5, 5.41) is 5.24. The first-order valence-electron chi connectivity index (χ1n) is 6.63. The van der Waals surface area contributed by atoms with Gasteiger partial charge in [-0.1, -0.05) is 23.7 Å². The minimum atomic E-state index is 0.278. The summed E-state index contributed by atoms with van der Waals surface area (Å²) in [5.74, 6) is 0.278. The summed E-state index contributed by atoms with van der Waals surface area (Å²) >= 11 is 6.05. The van der Waals surface area contributed by atoms with Crippen LogP contribution in [0.25, 0.3) is 0 Å². The molecule has 0 radical (unpaired) electrons. The van der Waals surface area contributed by atoms with E-state index in [1.165, 1.54) is 11.3 Å². The van der Waals surface area contributed by atoms with E-state index in [9.17, 15) is 0 Å². The van der Waals surface area contributed by atoms with Gasteiger partial charge in [0.1, 0.15) is 0 Å². The van der Waals surface area contributed by atoms with Gasteiger partial charge in [0.15, 0.2) is 0 Å². The van der Waals surface area contributed by atoms with E-state index in [1.807, 2.05) is 29.8 Å². The fourth-order valence-corrected chi connectivity index (χ4v) is 2.59. The summed E-state index contributed by atoms with van der Waals surface area (Å²) in [6.45, 7) is 5.61.